The smallest absolute Gasteiger partial charge is 0.0694 e. The summed E-state index contributed by atoms with van der Waals surface area (Å²) in [6.07, 6.45) is 3.91. The quantitative estimate of drug-likeness (QED) is 0.872. The van der Waals surface area contributed by atoms with E-state index < -0.39 is 0 Å². The van der Waals surface area contributed by atoms with Gasteiger partial charge in [-0.3, -0.25) is 9.36 Å². The van der Waals surface area contributed by atoms with Gasteiger partial charge in [-0.15, -0.1) is 0 Å². The molecule has 5 heteroatoms. The van der Waals surface area contributed by atoms with Gasteiger partial charge in [0, 0.05) is 45.1 Å². The first kappa shape index (κ1) is 12.8. The second-order valence-electron chi connectivity index (χ2n) is 4.92. The molecule has 1 N–H and O–H groups in total. The highest BCUT2D eigenvalue weighted by Crippen LogP contribution is 2.16. The lowest BCUT2D eigenvalue weighted by Gasteiger charge is -2.07. The maximum atomic E-state index is 4.50. The molecule has 0 spiro atoms. The topological polar surface area (TPSA) is 47.7 Å². The van der Waals surface area contributed by atoms with Crippen LogP contribution in [0.3, 0.4) is 0 Å². The van der Waals surface area contributed by atoms with Crippen molar-refractivity contribution in [2.75, 3.05) is 0 Å². The van der Waals surface area contributed by atoms with Crippen molar-refractivity contribution in [3.63, 3.8) is 0 Å². The summed E-state index contributed by atoms with van der Waals surface area (Å²) in [6.45, 7) is 6.01. The first-order valence-electron chi connectivity index (χ1n) is 6.28. The van der Waals surface area contributed by atoms with E-state index in [0.717, 1.165) is 13.1 Å². The lowest BCUT2D eigenvalue weighted by molar-refractivity contribution is 0.621. The minimum absolute atomic E-state index is 0.458. The second kappa shape index (κ2) is 5.35. The van der Waals surface area contributed by atoms with Crippen LogP contribution in [0.25, 0.3) is 0 Å². The van der Waals surface area contributed by atoms with Gasteiger partial charge in [0.25, 0.3) is 0 Å². The summed E-state index contributed by atoms with van der Waals surface area (Å²) in [5.74, 6) is 0.458. The first-order chi connectivity index (χ1) is 8.58. The predicted octanol–water partition coefficient (Wildman–Crippen LogP) is 1.57. The highest BCUT2D eigenvalue weighted by atomic mass is 15.3. The van der Waals surface area contributed by atoms with Gasteiger partial charge in [0.05, 0.1) is 11.4 Å². The number of hydrogen-bond donors (Lipinski definition) is 1. The molecule has 0 aromatic carbocycles. The minimum Gasteiger partial charge on any atom is -0.307 e. The lowest BCUT2D eigenvalue weighted by atomic mass is 10.1. The summed E-state index contributed by atoms with van der Waals surface area (Å²) >= 11 is 0. The standard InChI is InChI=1S/C13H21N5/c1-10(2)13-11(9-17(3)16-13)7-14-8-12-5-6-15-18(12)4/h5-6,9-10,14H,7-8H2,1-4H3. The molecule has 0 amide bonds. The van der Waals surface area contributed by atoms with Crippen molar-refractivity contribution < 1.29 is 0 Å². The molecule has 0 saturated carbocycles. The van der Waals surface area contributed by atoms with E-state index in [9.17, 15) is 0 Å². The van der Waals surface area contributed by atoms with Crippen LogP contribution in [-0.2, 0) is 27.2 Å². The van der Waals surface area contributed by atoms with Gasteiger partial charge < -0.3 is 5.32 Å². The van der Waals surface area contributed by atoms with E-state index in [1.807, 2.05) is 35.7 Å². The maximum Gasteiger partial charge on any atom is 0.0694 e. The van der Waals surface area contributed by atoms with Crippen molar-refractivity contribution in [1.82, 2.24) is 24.9 Å². The Morgan fingerprint density at radius 2 is 2.06 bits per heavy atom. The molecular formula is C13H21N5. The zero-order chi connectivity index (χ0) is 13.1. The highest BCUT2D eigenvalue weighted by molar-refractivity contribution is 5.20. The molecule has 2 aromatic heterocycles. The molecule has 2 aromatic rings. The Kier molecular flexibility index (Phi) is 3.81. The number of aromatic nitrogens is 4. The average molecular weight is 247 g/mol. The predicted molar refractivity (Wildman–Crippen MR) is 71.0 cm³/mol. The van der Waals surface area contributed by atoms with Crippen LogP contribution in [0.5, 0.6) is 0 Å². The van der Waals surface area contributed by atoms with Crippen LogP contribution >= 0.6 is 0 Å². The number of hydrogen-bond acceptors (Lipinski definition) is 3. The molecule has 0 unspecified atom stereocenters. The summed E-state index contributed by atoms with van der Waals surface area (Å²) in [4.78, 5) is 0. The van der Waals surface area contributed by atoms with Gasteiger partial charge in [-0.1, -0.05) is 13.8 Å². The van der Waals surface area contributed by atoms with Crippen molar-refractivity contribution in [3.05, 3.63) is 35.4 Å². The van der Waals surface area contributed by atoms with Crippen molar-refractivity contribution in [2.24, 2.45) is 14.1 Å². The largest absolute Gasteiger partial charge is 0.307 e. The molecule has 0 fully saturated rings. The summed E-state index contributed by atoms with van der Waals surface area (Å²) in [6, 6.07) is 2.03. The van der Waals surface area contributed by atoms with Crippen LogP contribution < -0.4 is 5.32 Å². The molecule has 2 rings (SSSR count). The van der Waals surface area contributed by atoms with Gasteiger partial charge in [-0.2, -0.15) is 10.2 Å². The van der Waals surface area contributed by atoms with Crippen molar-refractivity contribution in [2.45, 2.75) is 32.9 Å². The Hall–Kier alpha value is -1.62. The van der Waals surface area contributed by atoms with Crippen molar-refractivity contribution in [3.8, 4) is 0 Å². The minimum atomic E-state index is 0.458. The van der Waals surface area contributed by atoms with Crippen molar-refractivity contribution in [1.29, 1.82) is 0 Å². The van der Waals surface area contributed by atoms with Crippen LogP contribution in [0.15, 0.2) is 18.5 Å². The second-order valence-corrected chi connectivity index (χ2v) is 4.92. The van der Waals surface area contributed by atoms with Crippen LogP contribution in [-0.4, -0.2) is 19.6 Å². The monoisotopic (exact) mass is 247 g/mol. The Bertz CT molecular complexity index is 509. The third kappa shape index (κ3) is 2.79. The van der Waals surface area contributed by atoms with E-state index in [2.05, 4.69) is 35.6 Å². The van der Waals surface area contributed by atoms with Gasteiger partial charge in [0.15, 0.2) is 0 Å². The SMILES string of the molecule is CC(C)c1nn(C)cc1CNCc1ccnn1C. The Morgan fingerprint density at radius 3 is 2.67 bits per heavy atom. The number of aryl methyl sites for hydroxylation is 2. The molecule has 0 aliphatic heterocycles. The molecule has 0 aliphatic rings. The van der Waals surface area contributed by atoms with E-state index in [-0.39, 0.29) is 0 Å². The molecule has 5 nitrogen and oxygen atoms in total. The van der Waals surface area contributed by atoms with E-state index in [1.54, 1.807) is 0 Å². The number of nitrogens with zero attached hydrogens (tertiary/aromatic N) is 4. The molecule has 98 valence electrons. The molecule has 18 heavy (non-hydrogen) atoms. The Labute approximate surface area is 108 Å². The fraction of sp³-hybridized carbons (Fsp3) is 0.538. The normalized spacial score (nSPS) is 11.4. The highest BCUT2D eigenvalue weighted by Gasteiger charge is 2.10. The van der Waals surface area contributed by atoms with Gasteiger partial charge >= 0.3 is 0 Å². The van der Waals surface area contributed by atoms with Crippen LogP contribution in [0.1, 0.15) is 36.7 Å². The fourth-order valence-electron chi connectivity index (χ4n) is 2.08. The Morgan fingerprint density at radius 1 is 1.28 bits per heavy atom. The zero-order valence-electron chi connectivity index (χ0n) is 11.5. The van der Waals surface area contributed by atoms with Crippen LogP contribution in [0.4, 0.5) is 0 Å². The molecule has 0 saturated heterocycles. The van der Waals surface area contributed by atoms with Gasteiger partial charge in [0.1, 0.15) is 0 Å². The van der Waals surface area contributed by atoms with Gasteiger partial charge in [0.2, 0.25) is 0 Å². The third-order valence-electron chi connectivity index (χ3n) is 3.03. The summed E-state index contributed by atoms with van der Waals surface area (Å²) in [5, 5.41) is 12.1. The molecular weight excluding hydrogens is 226 g/mol. The Balaban J connectivity index is 1.96. The molecule has 0 atom stereocenters. The molecule has 0 radical (unpaired) electrons. The van der Waals surface area contributed by atoms with Gasteiger partial charge in [-0.05, 0) is 12.0 Å². The van der Waals surface area contributed by atoms with Crippen molar-refractivity contribution >= 4 is 0 Å². The van der Waals surface area contributed by atoms with E-state index in [1.165, 1.54) is 17.0 Å². The molecule has 0 bridgehead atoms. The van der Waals surface area contributed by atoms with Crippen LogP contribution in [0, 0.1) is 0 Å². The lowest BCUT2D eigenvalue weighted by Crippen LogP contribution is -2.16. The summed E-state index contributed by atoms with van der Waals surface area (Å²) in [7, 11) is 3.93. The van der Waals surface area contributed by atoms with E-state index in [0.29, 0.717) is 5.92 Å². The summed E-state index contributed by atoms with van der Waals surface area (Å²) < 4.78 is 3.77. The van der Waals surface area contributed by atoms with E-state index >= 15 is 0 Å². The maximum absolute atomic E-state index is 4.50. The number of rotatable bonds is 5. The van der Waals surface area contributed by atoms with Crippen LogP contribution in [0.2, 0.25) is 0 Å². The average Bonchev–Trinajstić information content (AvgIpc) is 2.86. The zero-order valence-corrected chi connectivity index (χ0v) is 11.5. The van der Waals surface area contributed by atoms with Gasteiger partial charge in [-0.25, -0.2) is 0 Å². The molecule has 2 heterocycles. The fourth-order valence-corrected chi connectivity index (χ4v) is 2.08. The summed E-state index contributed by atoms with van der Waals surface area (Å²) in [5.41, 5.74) is 3.63. The number of nitrogens with one attached hydrogen (secondary N) is 1. The molecule has 0 aliphatic carbocycles. The van der Waals surface area contributed by atoms with E-state index in [4.69, 9.17) is 0 Å². The first-order valence-corrected chi connectivity index (χ1v) is 6.28. The third-order valence-corrected chi connectivity index (χ3v) is 3.03.